The molecular formula is C15H20Cl3NO. The third-order valence-electron chi connectivity index (χ3n) is 4.44. The molecule has 1 N–H and O–H groups in total. The van der Waals surface area contributed by atoms with Gasteiger partial charge in [-0.1, -0.05) is 48.7 Å². The van der Waals surface area contributed by atoms with E-state index in [9.17, 15) is 0 Å². The van der Waals surface area contributed by atoms with E-state index in [0.29, 0.717) is 27.2 Å². The summed E-state index contributed by atoms with van der Waals surface area (Å²) >= 11 is 18.4. The Morgan fingerprint density at radius 2 is 1.85 bits per heavy atom. The molecule has 1 fully saturated rings. The number of halogens is 3. The first kappa shape index (κ1) is 16.2. The second-order valence-corrected chi connectivity index (χ2v) is 6.73. The normalized spacial score (nSPS) is 29.1. The Hall–Kier alpha value is -0.150. The molecule has 112 valence electrons. The van der Waals surface area contributed by atoms with E-state index in [1.807, 2.05) is 6.92 Å². The van der Waals surface area contributed by atoms with Crippen molar-refractivity contribution in [2.24, 2.45) is 5.41 Å². The number of ether oxygens (including phenoxy) is 1. The maximum Gasteiger partial charge on any atom is 0.0722 e. The Labute approximate surface area is 135 Å². The minimum absolute atomic E-state index is 0.0995. The molecule has 2 rings (SSSR count). The van der Waals surface area contributed by atoms with Gasteiger partial charge in [0, 0.05) is 23.1 Å². The summed E-state index contributed by atoms with van der Waals surface area (Å²) < 4.78 is 5.80. The highest BCUT2D eigenvalue weighted by Gasteiger charge is 2.51. The van der Waals surface area contributed by atoms with Crippen molar-refractivity contribution in [3.05, 3.63) is 27.2 Å². The fourth-order valence-corrected chi connectivity index (χ4v) is 3.75. The fourth-order valence-electron chi connectivity index (χ4n) is 2.83. The van der Waals surface area contributed by atoms with E-state index in [1.54, 1.807) is 12.1 Å². The maximum absolute atomic E-state index is 6.23. The van der Waals surface area contributed by atoms with E-state index in [4.69, 9.17) is 39.5 Å². The lowest BCUT2D eigenvalue weighted by Crippen LogP contribution is -2.59. The molecule has 1 aliphatic rings. The predicted octanol–water partition coefficient (Wildman–Crippen LogP) is 5.65. The molecule has 1 aromatic carbocycles. The lowest BCUT2D eigenvalue weighted by molar-refractivity contribution is -0.109. The van der Waals surface area contributed by atoms with E-state index in [1.165, 1.54) is 0 Å². The molecule has 1 aliphatic carbocycles. The standard InChI is InChI=1S/C15H20Cl3NO/c1-4-15(3)12(8-13(15)20-5-2)19-14-10(17)6-9(16)7-11(14)18/h6-7,12-13,19H,4-5,8H2,1-3H3. The second-order valence-electron chi connectivity index (χ2n) is 5.48. The molecule has 1 saturated carbocycles. The smallest absolute Gasteiger partial charge is 0.0722 e. The Balaban J connectivity index is 2.16. The molecule has 0 bridgehead atoms. The van der Waals surface area contributed by atoms with Crippen LogP contribution in [-0.4, -0.2) is 18.8 Å². The van der Waals surface area contributed by atoms with Gasteiger partial charge in [-0.25, -0.2) is 0 Å². The molecule has 0 heterocycles. The van der Waals surface area contributed by atoms with Crippen LogP contribution in [0, 0.1) is 5.41 Å². The number of benzene rings is 1. The van der Waals surface area contributed by atoms with Gasteiger partial charge in [-0.2, -0.15) is 0 Å². The monoisotopic (exact) mass is 335 g/mol. The van der Waals surface area contributed by atoms with E-state index < -0.39 is 0 Å². The molecule has 3 atom stereocenters. The predicted molar refractivity (Wildman–Crippen MR) is 87.3 cm³/mol. The zero-order valence-corrected chi connectivity index (χ0v) is 14.2. The lowest BCUT2D eigenvalue weighted by Gasteiger charge is -2.54. The van der Waals surface area contributed by atoms with Crippen LogP contribution in [0.5, 0.6) is 0 Å². The first-order chi connectivity index (χ1) is 9.42. The van der Waals surface area contributed by atoms with Crippen LogP contribution in [0.15, 0.2) is 12.1 Å². The van der Waals surface area contributed by atoms with Crippen LogP contribution in [0.2, 0.25) is 15.1 Å². The third-order valence-corrected chi connectivity index (χ3v) is 5.25. The van der Waals surface area contributed by atoms with Gasteiger partial charge in [0.15, 0.2) is 0 Å². The highest BCUT2D eigenvalue weighted by Crippen LogP contribution is 2.48. The van der Waals surface area contributed by atoms with Gasteiger partial charge in [-0.3, -0.25) is 0 Å². The van der Waals surface area contributed by atoms with Crippen molar-refractivity contribution in [2.45, 2.75) is 45.8 Å². The van der Waals surface area contributed by atoms with Gasteiger partial charge < -0.3 is 10.1 Å². The second kappa shape index (κ2) is 6.31. The van der Waals surface area contributed by atoms with Crippen molar-refractivity contribution < 1.29 is 4.74 Å². The number of nitrogens with one attached hydrogen (secondary N) is 1. The average molecular weight is 337 g/mol. The quantitative estimate of drug-likeness (QED) is 0.750. The highest BCUT2D eigenvalue weighted by atomic mass is 35.5. The maximum atomic E-state index is 6.23. The number of hydrogen-bond donors (Lipinski definition) is 1. The van der Waals surface area contributed by atoms with Crippen molar-refractivity contribution in [1.82, 2.24) is 0 Å². The summed E-state index contributed by atoms with van der Waals surface area (Å²) in [5, 5.41) is 5.13. The number of hydrogen-bond acceptors (Lipinski definition) is 2. The average Bonchev–Trinajstić information content (AvgIpc) is 2.39. The van der Waals surface area contributed by atoms with Crippen molar-refractivity contribution in [3.63, 3.8) is 0 Å². The van der Waals surface area contributed by atoms with Crippen LogP contribution in [0.25, 0.3) is 0 Å². The Morgan fingerprint density at radius 1 is 1.25 bits per heavy atom. The van der Waals surface area contributed by atoms with Gasteiger partial charge in [-0.15, -0.1) is 0 Å². The van der Waals surface area contributed by atoms with Gasteiger partial charge in [0.05, 0.1) is 21.8 Å². The molecule has 0 aliphatic heterocycles. The molecule has 0 radical (unpaired) electrons. The molecular weight excluding hydrogens is 317 g/mol. The van der Waals surface area contributed by atoms with E-state index in [0.717, 1.165) is 25.1 Å². The van der Waals surface area contributed by atoms with Crippen molar-refractivity contribution >= 4 is 40.5 Å². The largest absolute Gasteiger partial charge is 0.379 e. The van der Waals surface area contributed by atoms with Crippen molar-refractivity contribution in [3.8, 4) is 0 Å². The molecule has 5 heteroatoms. The van der Waals surface area contributed by atoms with E-state index in [-0.39, 0.29) is 5.41 Å². The summed E-state index contributed by atoms with van der Waals surface area (Å²) in [7, 11) is 0. The van der Waals surface area contributed by atoms with Crippen LogP contribution in [-0.2, 0) is 4.74 Å². The summed E-state index contributed by atoms with van der Waals surface area (Å²) in [4.78, 5) is 0. The topological polar surface area (TPSA) is 21.3 Å². The molecule has 0 saturated heterocycles. The molecule has 3 unspecified atom stereocenters. The molecule has 1 aromatic rings. The van der Waals surface area contributed by atoms with Crippen molar-refractivity contribution in [2.75, 3.05) is 11.9 Å². The summed E-state index contributed by atoms with van der Waals surface area (Å²) in [5.41, 5.74) is 0.861. The SMILES string of the molecule is CCOC1CC(Nc2c(Cl)cc(Cl)cc2Cl)C1(C)CC. The highest BCUT2D eigenvalue weighted by molar-refractivity contribution is 6.41. The van der Waals surface area contributed by atoms with Crippen LogP contribution >= 0.6 is 34.8 Å². The summed E-state index contributed by atoms with van der Waals surface area (Å²) in [5.74, 6) is 0. The fraction of sp³-hybridized carbons (Fsp3) is 0.600. The third kappa shape index (κ3) is 2.89. The van der Waals surface area contributed by atoms with Crippen LogP contribution in [0.3, 0.4) is 0 Å². The first-order valence-corrected chi connectivity index (χ1v) is 8.08. The Bertz CT molecular complexity index is 471. The molecule has 2 nitrogen and oxygen atoms in total. The Morgan fingerprint density at radius 3 is 2.35 bits per heavy atom. The molecule has 0 aromatic heterocycles. The van der Waals surface area contributed by atoms with Crippen LogP contribution < -0.4 is 5.32 Å². The lowest BCUT2D eigenvalue weighted by atomic mass is 9.61. The van der Waals surface area contributed by atoms with Crippen LogP contribution in [0.4, 0.5) is 5.69 Å². The Kier molecular flexibility index (Phi) is 5.12. The summed E-state index contributed by atoms with van der Waals surface area (Å²) in [6.45, 7) is 7.20. The summed E-state index contributed by atoms with van der Waals surface area (Å²) in [6, 6.07) is 3.72. The van der Waals surface area contributed by atoms with E-state index in [2.05, 4.69) is 19.2 Å². The van der Waals surface area contributed by atoms with E-state index >= 15 is 0 Å². The summed E-state index contributed by atoms with van der Waals surface area (Å²) in [6.07, 6.45) is 2.30. The zero-order chi connectivity index (χ0) is 14.9. The number of anilines is 1. The zero-order valence-electron chi connectivity index (χ0n) is 12.0. The molecule has 0 amide bonds. The van der Waals surface area contributed by atoms with Gasteiger partial charge >= 0.3 is 0 Å². The van der Waals surface area contributed by atoms with Gasteiger partial charge in [-0.05, 0) is 31.9 Å². The molecule has 20 heavy (non-hydrogen) atoms. The minimum atomic E-state index is 0.0995. The molecule has 0 spiro atoms. The minimum Gasteiger partial charge on any atom is -0.379 e. The van der Waals surface area contributed by atoms with Gasteiger partial charge in [0.1, 0.15) is 0 Å². The van der Waals surface area contributed by atoms with Gasteiger partial charge in [0.25, 0.3) is 0 Å². The first-order valence-electron chi connectivity index (χ1n) is 6.95. The number of rotatable bonds is 5. The van der Waals surface area contributed by atoms with Crippen molar-refractivity contribution in [1.29, 1.82) is 0 Å². The van der Waals surface area contributed by atoms with Gasteiger partial charge in [0.2, 0.25) is 0 Å². The van der Waals surface area contributed by atoms with Crippen LogP contribution in [0.1, 0.15) is 33.6 Å².